The summed E-state index contributed by atoms with van der Waals surface area (Å²) in [6.45, 7) is 0.410. The minimum Gasteiger partial charge on any atom is -0.494 e. The summed E-state index contributed by atoms with van der Waals surface area (Å²) in [5.41, 5.74) is 2.18. The normalized spacial score (nSPS) is 13.1. The zero-order valence-electron chi connectivity index (χ0n) is 23.6. The standard InChI is InChI=1S/C30H26F3N7O4/c1-43-25-22(30(31,32)33)4-3-5-23(25)35-26-24-21(12-13-40(24)38-29(36-26)37-27(41)18-10-11-18)20-14-34-39(16-20)15-17-6-8-19(9-7-17)28(42)44-2/h3-9,12-14,16,18H,10-11,15H2,1-2H3,(H2,35,36,37,38,41). The quantitative estimate of drug-likeness (QED) is 0.210. The summed E-state index contributed by atoms with van der Waals surface area (Å²) in [6, 6.07) is 12.4. The molecule has 0 unspecified atom stereocenters. The molecule has 0 spiro atoms. The lowest BCUT2D eigenvalue weighted by Gasteiger charge is -2.17. The number of anilines is 3. The molecule has 2 aromatic carbocycles. The smallest absolute Gasteiger partial charge is 0.420 e. The van der Waals surface area contributed by atoms with Gasteiger partial charge in [0.2, 0.25) is 11.9 Å². The number of alkyl halides is 3. The summed E-state index contributed by atoms with van der Waals surface area (Å²) in [6.07, 6.45) is 2.01. The number of fused-ring (bicyclic) bond motifs is 1. The Kier molecular flexibility index (Phi) is 7.41. The first-order valence-electron chi connectivity index (χ1n) is 13.6. The van der Waals surface area contributed by atoms with Gasteiger partial charge in [-0.1, -0.05) is 18.2 Å². The van der Waals surface area contributed by atoms with Gasteiger partial charge in [-0.15, -0.1) is 5.10 Å². The molecule has 0 saturated heterocycles. The molecule has 1 aliphatic carbocycles. The van der Waals surface area contributed by atoms with Gasteiger partial charge in [0.05, 0.1) is 43.8 Å². The molecule has 1 fully saturated rings. The van der Waals surface area contributed by atoms with Crippen LogP contribution in [0, 0.1) is 5.92 Å². The van der Waals surface area contributed by atoms with Gasteiger partial charge in [0.15, 0.2) is 11.6 Å². The van der Waals surface area contributed by atoms with Crippen molar-refractivity contribution in [3.8, 4) is 16.9 Å². The first-order valence-corrected chi connectivity index (χ1v) is 13.6. The van der Waals surface area contributed by atoms with Crippen LogP contribution >= 0.6 is 0 Å². The molecule has 0 radical (unpaired) electrons. The van der Waals surface area contributed by atoms with E-state index >= 15 is 0 Å². The maximum atomic E-state index is 13.7. The monoisotopic (exact) mass is 605 g/mol. The topological polar surface area (TPSA) is 125 Å². The molecule has 3 aromatic heterocycles. The number of aromatic nitrogens is 5. The van der Waals surface area contributed by atoms with E-state index in [0.29, 0.717) is 28.8 Å². The van der Waals surface area contributed by atoms with Crippen LogP contribution in [0.3, 0.4) is 0 Å². The molecule has 6 rings (SSSR count). The highest BCUT2D eigenvalue weighted by Crippen LogP contribution is 2.42. The number of hydrogen-bond donors (Lipinski definition) is 2. The largest absolute Gasteiger partial charge is 0.494 e. The summed E-state index contributed by atoms with van der Waals surface area (Å²) in [7, 11) is 2.48. The first kappa shape index (κ1) is 28.7. The number of ether oxygens (including phenoxy) is 2. The first-order chi connectivity index (χ1) is 21.1. The maximum Gasteiger partial charge on any atom is 0.420 e. The Balaban J connectivity index is 1.37. The van der Waals surface area contributed by atoms with Crippen molar-refractivity contribution >= 4 is 34.8 Å². The fourth-order valence-corrected chi connectivity index (χ4v) is 4.80. The second kappa shape index (κ2) is 11.4. The average Bonchev–Trinajstić information content (AvgIpc) is 3.62. The van der Waals surface area contributed by atoms with Crippen molar-refractivity contribution in [1.29, 1.82) is 0 Å². The van der Waals surface area contributed by atoms with Crippen LogP contribution in [0.2, 0.25) is 0 Å². The van der Waals surface area contributed by atoms with E-state index in [-0.39, 0.29) is 29.3 Å². The molecular weight excluding hydrogens is 579 g/mol. The van der Waals surface area contributed by atoms with Crippen molar-refractivity contribution in [2.45, 2.75) is 25.6 Å². The Morgan fingerprint density at radius 2 is 1.84 bits per heavy atom. The van der Waals surface area contributed by atoms with Gasteiger partial charge in [-0.25, -0.2) is 9.31 Å². The van der Waals surface area contributed by atoms with E-state index in [1.165, 1.54) is 23.8 Å². The van der Waals surface area contributed by atoms with Crippen LogP contribution < -0.4 is 15.4 Å². The number of rotatable bonds is 9. The van der Waals surface area contributed by atoms with Crippen molar-refractivity contribution in [2.75, 3.05) is 24.9 Å². The van der Waals surface area contributed by atoms with Crippen molar-refractivity contribution in [2.24, 2.45) is 5.92 Å². The van der Waals surface area contributed by atoms with Crippen molar-refractivity contribution in [3.63, 3.8) is 0 Å². The minimum absolute atomic E-state index is 0.00362. The number of nitrogens with zero attached hydrogens (tertiary/aromatic N) is 5. The lowest BCUT2D eigenvalue weighted by atomic mass is 10.1. The number of amides is 1. The van der Waals surface area contributed by atoms with Crippen LogP contribution in [0.15, 0.2) is 67.1 Å². The van der Waals surface area contributed by atoms with E-state index in [9.17, 15) is 22.8 Å². The molecule has 5 aromatic rings. The van der Waals surface area contributed by atoms with Crippen LogP contribution in [0.1, 0.15) is 34.3 Å². The number of benzene rings is 2. The van der Waals surface area contributed by atoms with E-state index in [1.807, 2.05) is 0 Å². The van der Waals surface area contributed by atoms with Crippen LogP contribution in [0.5, 0.6) is 5.75 Å². The molecule has 14 heteroatoms. The fraction of sp³-hybridized carbons (Fsp3) is 0.233. The highest BCUT2D eigenvalue weighted by Gasteiger charge is 2.35. The third kappa shape index (κ3) is 5.78. The zero-order chi connectivity index (χ0) is 31.0. The molecular formula is C30H26F3N7O4. The number of carbonyl (C=O) groups is 2. The van der Waals surface area contributed by atoms with Gasteiger partial charge in [-0.05, 0) is 48.7 Å². The third-order valence-electron chi connectivity index (χ3n) is 7.14. The average molecular weight is 606 g/mol. The van der Waals surface area contributed by atoms with Crippen LogP contribution in [0.25, 0.3) is 16.6 Å². The van der Waals surface area contributed by atoms with Gasteiger partial charge >= 0.3 is 12.1 Å². The van der Waals surface area contributed by atoms with E-state index in [4.69, 9.17) is 9.47 Å². The van der Waals surface area contributed by atoms with Gasteiger partial charge in [-0.2, -0.15) is 23.3 Å². The van der Waals surface area contributed by atoms with Crippen molar-refractivity contribution in [3.05, 3.63) is 83.8 Å². The van der Waals surface area contributed by atoms with Gasteiger partial charge in [-0.3, -0.25) is 14.8 Å². The van der Waals surface area contributed by atoms with Crippen molar-refractivity contribution in [1.82, 2.24) is 24.4 Å². The predicted octanol–water partition coefficient (Wildman–Crippen LogP) is 5.55. The number of hydrogen-bond acceptors (Lipinski definition) is 8. The zero-order valence-corrected chi connectivity index (χ0v) is 23.6. The second-order valence-corrected chi connectivity index (χ2v) is 10.2. The molecule has 11 nitrogen and oxygen atoms in total. The molecule has 3 heterocycles. The van der Waals surface area contributed by atoms with E-state index in [0.717, 1.165) is 31.6 Å². The summed E-state index contributed by atoms with van der Waals surface area (Å²) in [4.78, 5) is 28.7. The number of carbonyl (C=O) groups excluding carboxylic acids is 2. The molecule has 226 valence electrons. The van der Waals surface area contributed by atoms with Crippen LogP contribution in [-0.2, 0) is 22.3 Å². The number of nitrogens with one attached hydrogen (secondary N) is 2. The molecule has 2 N–H and O–H groups in total. The molecule has 44 heavy (non-hydrogen) atoms. The van der Waals surface area contributed by atoms with E-state index in [1.54, 1.807) is 53.6 Å². The van der Waals surface area contributed by atoms with Gasteiger partial charge < -0.3 is 14.8 Å². The lowest BCUT2D eigenvalue weighted by Crippen LogP contribution is -2.17. The van der Waals surface area contributed by atoms with Crippen molar-refractivity contribution < 1.29 is 32.2 Å². The SMILES string of the molecule is COC(=O)c1ccc(Cn2cc(-c3ccn4nc(NC(=O)C5CC5)nc(Nc5cccc(C(F)(F)F)c5OC)c34)cn2)cc1. The van der Waals surface area contributed by atoms with Crippen LogP contribution in [-0.4, -0.2) is 50.5 Å². The third-order valence-corrected chi connectivity index (χ3v) is 7.14. The summed E-state index contributed by atoms with van der Waals surface area (Å²) >= 11 is 0. The maximum absolute atomic E-state index is 13.7. The Morgan fingerprint density at radius 1 is 1.07 bits per heavy atom. The number of esters is 1. The summed E-state index contributed by atoms with van der Waals surface area (Å²) in [5, 5.41) is 14.6. The second-order valence-electron chi connectivity index (χ2n) is 10.2. The van der Waals surface area contributed by atoms with E-state index in [2.05, 4.69) is 25.8 Å². The predicted molar refractivity (Wildman–Crippen MR) is 154 cm³/mol. The Morgan fingerprint density at radius 3 is 2.52 bits per heavy atom. The van der Waals surface area contributed by atoms with Gasteiger partial charge in [0.1, 0.15) is 5.52 Å². The highest BCUT2D eigenvalue weighted by molar-refractivity contribution is 5.94. The fourth-order valence-electron chi connectivity index (χ4n) is 4.80. The van der Waals surface area contributed by atoms with E-state index < -0.39 is 23.5 Å². The van der Waals surface area contributed by atoms with Gasteiger partial charge in [0, 0.05) is 29.4 Å². The Labute approximate surface area is 248 Å². The summed E-state index contributed by atoms with van der Waals surface area (Å²) < 4.78 is 54.4. The molecule has 0 atom stereocenters. The number of halogens is 3. The number of methoxy groups -OCH3 is 2. The molecule has 0 bridgehead atoms. The minimum atomic E-state index is -4.65. The highest BCUT2D eigenvalue weighted by atomic mass is 19.4. The lowest BCUT2D eigenvalue weighted by molar-refractivity contribution is -0.138. The molecule has 1 aliphatic rings. The molecule has 0 aliphatic heterocycles. The Bertz CT molecular complexity index is 1860. The summed E-state index contributed by atoms with van der Waals surface area (Å²) in [5.74, 6) is -1.02. The Hall–Kier alpha value is -5.40. The molecule has 1 saturated carbocycles. The van der Waals surface area contributed by atoms with Gasteiger partial charge in [0.25, 0.3) is 0 Å². The number of para-hydroxylation sites is 1. The molecule has 1 amide bonds. The van der Waals surface area contributed by atoms with Crippen LogP contribution in [0.4, 0.5) is 30.6 Å².